The topological polar surface area (TPSA) is 62.2 Å². The smallest absolute Gasteiger partial charge is 0.227 e. The zero-order valence-electron chi connectivity index (χ0n) is 16.5. The average molecular weight is 380 g/mol. The lowest BCUT2D eigenvalue weighted by molar-refractivity contribution is 0.138. The highest BCUT2D eigenvalue weighted by Gasteiger charge is 2.28. The molecular formula is C21H28N6O. The van der Waals surface area contributed by atoms with Crippen LogP contribution in [0.25, 0.3) is 10.9 Å². The van der Waals surface area contributed by atoms with E-state index >= 15 is 0 Å². The molecule has 2 fully saturated rings. The third-order valence-electron chi connectivity index (χ3n) is 6.17. The molecule has 1 N–H and O–H groups in total. The summed E-state index contributed by atoms with van der Waals surface area (Å²) in [6.07, 6.45) is 4.06. The summed E-state index contributed by atoms with van der Waals surface area (Å²) in [5.41, 5.74) is 2.45. The van der Waals surface area contributed by atoms with Gasteiger partial charge in [0.25, 0.3) is 0 Å². The van der Waals surface area contributed by atoms with Gasteiger partial charge in [0.15, 0.2) is 0 Å². The highest BCUT2D eigenvalue weighted by atomic mass is 16.5. The standard InChI is InChI=1S/C21H28N6O/c1-2-27-20(13-16-14-22-19-6-4-3-5-18(16)19)23-24-21(27)26-10-8-25(9-11-26)17-7-12-28-15-17/h3-6,14,17,22H,2,7-13,15H2,1H3. The second-order valence-electron chi connectivity index (χ2n) is 7.74. The number of ether oxygens (including phenoxy) is 1. The fraction of sp³-hybridized carbons (Fsp3) is 0.524. The van der Waals surface area contributed by atoms with E-state index < -0.39 is 0 Å². The number of H-pyrrole nitrogens is 1. The van der Waals surface area contributed by atoms with Crippen LogP contribution >= 0.6 is 0 Å². The van der Waals surface area contributed by atoms with Crippen LogP contribution in [0.2, 0.25) is 0 Å². The maximum atomic E-state index is 5.56. The molecule has 1 atom stereocenters. The minimum absolute atomic E-state index is 0.601. The maximum absolute atomic E-state index is 5.56. The van der Waals surface area contributed by atoms with E-state index in [0.29, 0.717) is 6.04 Å². The van der Waals surface area contributed by atoms with Gasteiger partial charge in [-0.2, -0.15) is 0 Å². The first-order chi connectivity index (χ1) is 13.8. The zero-order valence-corrected chi connectivity index (χ0v) is 16.5. The van der Waals surface area contributed by atoms with Crippen molar-refractivity contribution in [3.8, 4) is 0 Å². The number of nitrogens with one attached hydrogen (secondary N) is 1. The van der Waals surface area contributed by atoms with Gasteiger partial charge in [0, 0.05) is 68.9 Å². The molecule has 2 aromatic heterocycles. The Kier molecular flexibility index (Phi) is 4.78. The molecule has 2 aliphatic rings. The first kappa shape index (κ1) is 17.7. The number of hydrogen-bond donors (Lipinski definition) is 1. The van der Waals surface area contributed by atoms with Crippen molar-refractivity contribution in [1.82, 2.24) is 24.6 Å². The van der Waals surface area contributed by atoms with E-state index in [1.807, 2.05) is 0 Å². The van der Waals surface area contributed by atoms with Crippen LogP contribution in [0.4, 0.5) is 5.95 Å². The molecule has 1 unspecified atom stereocenters. The second-order valence-corrected chi connectivity index (χ2v) is 7.74. The van der Waals surface area contributed by atoms with E-state index in [-0.39, 0.29) is 0 Å². The van der Waals surface area contributed by atoms with Crippen LogP contribution < -0.4 is 4.90 Å². The Balaban J connectivity index is 1.32. The van der Waals surface area contributed by atoms with Crippen molar-refractivity contribution in [2.75, 3.05) is 44.3 Å². The van der Waals surface area contributed by atoms with Crippen LogP contribution in [0.3, 0.4) is 0 Å². The zero-order chi connectivity index (χ0) is 18.9. The van der Waals surface area contributed by atoms with Gasteiger partial charge >= 0.3 is 0 Å². The Morgan fingerprint density at radius 2 is 2.00 bits per heavy atom. The van der Waals surface area contributed by atoms with Crippen LogP contribution in [-0.2, 0) is 17.7 Å². The number of anilines is 1. The molecule has 0 radical (unpaired) electrons. The Morgan fingerprint density at radius 3 is 2.79 bits per heavy atom. The summed E-state index contributed by atoms with van der Waals surface area (Å²) >= 11 is 0. The molecule has 7 nitrogen and oxygen atoms in total. The van der Waals surface area contributed by atoms with Crippen molar-refractivity contribution in [2.45, 2.75) is 32.4 Å². The summed E-state index contributed by atoms with van der Waals surface area (Å²) in [6, 6.07) is 9.03. The number of para-hydroxylation sites is 1. The summed E-state index contributed by atoms with van der Waals surface area (Å²) in [7, 11) is 0. The number of piperazine rings is 1. The largest absolute Gasteiger partial charge is 0.380 e. The van der Waals surface area contributed by atoms with E-state index in [9.17, 15) is 0 Å². The Hall–Kier alpha value is -2.38. The average Bonchev–Trinajstić information content (AvgIpc) is 3.49. The van der Waals surface area contributed by atoms with Crippen molar-refractivity contribution in [2.24, 2.45) is 0 Å². The van der Waals surface area contributed by atoms with Crippen molar-refractivity contribution in [3.63, 3.8) is 0 Å². The predicted molar refractivity (Wildman–Crippen MR) is 110 cm³/mol. The van der Waals surface area contributed by atoms with Crippen LogP contribution in [-0.4, -0.2) is 70.1 Å². The number of hydrogen-bond acceptors (Lipinski definition) is 5. The van der Waals surface area contributed by atoms with Gasteiger partial charge in [-0.05, 0) is 25.0 Å². The molecule has 148 valence electrons. The number of aromatic amines is 1. The van der Waals surface area contributed by atoms with Crippen LogP contribution in [0, 0.1) is 0 Å². The number of fused-ring (bicyclic) bond motifs is 1. The summed E-state index contributed by atoms with van der Waals surface area (Å²) < 4.78 is 7.83. The van der Waals surface area contributed by atoms with Gasteiger partial charge in [-0.15, -0.1) is 10.2 Å². The minimum atomic E-state index is 0.601. The quantitative estimate of drug-likeness (QED) is 0.736. The van der Waals surface area contributed by atoms with Gasteiger partial charge in [-0.3, -0.25) is 9.47 Å². The van der Waals surface area contributed by atoms with E-state index in [2.05, 4.69) is 66.9 Å². The molecule has 7 heteroatoms. The monoisotopic (exact) mass is 380 g/mol. The van der Waals surface area contributed by atoms with Crippen LogP contribution in [0.15, 0.2) is 30.5 Å². The Morgan fingerprint density at radius 1 is 1.14 bits per heavy atom. The fourth-order valence-electron chi connectivity index (χ4n) is 4.56. The molecule has 3 aromatic rings. The first-order valence-electron chi connectivity index (χ1n) is 10.4. The minimum Gasteiger partial charge on any atom is -0.380 e. The highest BCUT2D eigenvalue weighted by molar-refractivity contribution is 5.83. The lowest BCUT2D eigenvalue weighted by Gasteiger charge is -2.37. The van der Waals surface area contributed by atoms with Crippen LogP contribution in [0.1, 0.15) is 24.7 Å². The van der Waals surface area contributed by atoms with Gasteiger partial charge in [0.2, 0.25) is 5.95 Å². The molecule has 0 saturated carbocycles. The Labute approximate surface area is 165 Å². The predicted octanol–water partition coefficient (Wildman–Crippen LogP) is 2.28. The molecule has 0 aliphatic carbocycles. The van der Waals surface area contributed by atoms with E-state index in [1.54, 1.807) is 0 Å². The van der Waals surface area contributed by atoms with Gasteiger partial charge in [-0.25, -0.2) is 0 Å². The summed E-state index contributed by atoms with van der Waals surface area (Å²) in [5.74, 6) is 2.05. The third kappa shape index (κ3) is 3.18. The third-order valence-corrected chi connectivity index (χ3v) is 6.17. The first-order valence-corrected chi connectivity index (χ1v) is 10.4. The van der Waals surface area contributed by atoms with Gasteiger partial charge in [0.1, 0.15) is 5.82 Å². The molecular weight excluding hydrogens is 352 g/mol. The van der Waals surface area contributed by atoms with Crippen molar-refractivity contribution >= 4 is 16.9 Å². The van der Waals surface area contributed by atoms with E-state index in [0.717, 1.165) is 64.1 Å². The van der Waals surface area contributed by atoms with Gasteiger partial charge in [0.05, 0.1) is 6.61 Å². The van der Waals surface area contributed by atoms with E-state index in [4.69, 9.17) is 4.74 Å². The van der Waals surface area contributed by atoms with E-state index in [1.165, 1.54) is 22.9 Å². The molecule has 5 rings (SSSR count). The lowest BCUT2D eigenvalue weighted by atomic mass is 10.1. The number of benzene rings is 1. The Bertz CT molecular complexity index is 933. The molecule has 1 aromatic carbocycles. The highest BCUT2D eigenvalue weighted by Crippen LogP contribution is 2.23. The molecule has 2 aliphatic heterocycles. The normalized spacial score (nSPS) is 21.0. The molecule has 2 saturated heterocycles. The summed E-state index contributed by atoms with van der Waals surface area (Å²) in [5, 5.41) is 10.4. The van der Waals surface area contributed by atoms with Crippen molar-refractivity contribution in [3.05, 3.63) is 41.9 Å². The lowest BCUT2D eigenvalue weighted by Crippen LogP contribution is -2.51. The number of aromatic nitrogens is 4. The second kappa shape index (κ2) is 7.56. The van der Waals surface area contributed by atoms with Gasteiger partial charge < -0.3 is 14.6 Å². The number of rotatable bonds is 5. The van der Waals surface area contributed by atoms with Crippen LogP contribution in [0.5, 0.6) is 0 Å². The summed E-state index contributed by atoms with van der Waals surface area (Å²) in [6.45, 7) is 9.01. The van der Waals surface area contributed by atoms with Crippen molar-refractivity contribution in [1.29, 1.82) is 0 Å². The SMILES string of the molecule is CCn1c(Cc2c[nH]c3ccccc23)nnc1N1CCN(C2CCOC2)CC1. The molecule has 4 heterocycles. The summed E-state index contributed by atoms with van der Waals surface area (Å²) in [4.78, 5) is 8.33. The number of nitrogens with zero attached hydrogens (tertiary/aromatic N) is 5. The maximum Gasteiger partial charge on any atom is 0.227 e. The molecule has 0 bridgehead atoms. The molecule has 28 heavy (non-hydrogen) atoms. The van der Waals surface area contributed by atoms with Crippen molar-refractivity contribution < 1.29 is 4.74 Å². The molecule has 0 spiro atoms. The molecule has 0 amide bonds. The fourth-order valence-corrected chi connectivity index (χ4v) is 4.56. The van der Waals surface area contributed by atoms with Gasteiger partial charge in [-0.1, -0.05) is 18.2 Å².